The molecule has 1 N–H and O–H groups in total. The van der Waals surface area contributed by atoms with Gasteiger partial charge in [-0.2, -0.15) is 5.10 Å². The number of halogens is 1. The Morgan fingerprint density at radius 3 is 3.00 bits per heavy atom. The lowest BCUT2D eigenvalue weighted by Gasteiger charge is -2.36. The number of rotatable bonds is 4. The molecule has 5 rings (SSSR count). The molecule has 4 nitrogen and oxygen atoms in total. The summed E-state index contributed by atoms with van der Waals surface area (Å²) in [6.45, 7) is 6.17. The molecule has 1 aliphatic heterocycles. The average Bonchev–Trinajstić information content (AvgIpc) is 3.31. The van der Waals surface area contributed by atoms with E-state index in [9.17, 15) is 4.39 Å². The third kappa shape index (κ3) is 3.55. The second-order valence-electron chi connectivity index (χ2n) is 8.96. The fourth-order valence-corrected chi connectivity index (χ4v) is 4.65. The monoisotopic (exact) mass is 391 g/mol. The van der Waals surface area contributed by atoms with Crippen molar-refractivity contribution in [1.29, 1.82) is 0 Å². The predicted octanol–water partition coefficient (Wildman–Crippen LogP) is 4.75. The molecule has 1 atom stereocenters. The smallest absolute Gasteiger partial charge is 0.125 e. The SMILES string of the molecule is CC1(C)Cc2c(cnn2-c2cccc(F)c2)C(NCc2ccc3c(c2)CCO3)C1. The Hall–Kier alpha value is -2.66. The van der Waals surface area contributed by atoms with Crippen LogP contribution in [0.2, 0.25) is 0 Å². The van der Waals surface area contributed by atoms with E-state index in [1.165, 1.54) is 28.5 Å². The highest BCUT2D eigenvalue weighted by Crippen LogP contribution is 2.41. The first-order valence-electron chi connectivity index (χ1n) is 10.3. The molecule has 5 heteroatoms. The number of nitrogens with one attached hydrogen (secondary N) is 1. The Kier molecular flexibility index (Phi) is 4.43. The van der Waals surface area contributed by atoms with Crippen LogP contribution in [0.1, 0.15) is 48.7 Å². The van der Waals surface area contributed by atoms with Crippen molar-refractivity contribution in [3.63, 3.8) is 0 Å². The lowest BCUT2D eigenvalue weighted by atomic mass is 9.74. The molecule has 2 aromatic carbocycles. The van der Waals surface area contributed by atoms with E-state index in [-0.39, 0.29) is 17.3 Å². The molecule has 0 spiro atoms. The van der Waals surface area contributed by atoms with Gasteiger partial charge < -0.3 is 10.1 Å². The lowest BCUT2D eigenvalue weighted by Crippen LogP contribution is -2.33. The zero-order valence-electron chi connectivity index (χ0n) is 16.9. The van der Waals surface area contributed by atoms with E-state index < -0.39 is 0 Å². The minimum atomic E-state index is -0.239. The summed E-state index contributed by atoms with van der Waals surface area (Å²) in [5.74, 6) is 0.781. The van der Waals surface area contributed by atoms with Crippen LogP contribution in [0.15, 0.2) is 48.7 Å². The number of aromatic nitrogens is 2. The van der Waals surface area contributed by atoms with Crippen molar-refractivity contribution in [2.24, 2.45) is 5.41 Å². The fraction of sp³-hybridized carbons (Fsp3) is 0.375. The minimum Gasteiger partial charge on any atom is -0.493 e. The van der Waals surface area contributed by atoms with Gasteiger partial charge in [-0.05, 0) is 53.6 Å². The normalized spacial score (nSPS) is 19.5. The van der Waals surface area contributed by atoms with Crippen molar-refractivity contribution < 1.29 is 9.13 Å². The third-order valence-electron chi connectivity index (χ3n) is 6.04. The van der Waals surface area contributed by atoms with E-state index >= 15 is 0 Å². The van der Waals surface area contributed by atoms with Gasteiger partial charge >= 0.3 is 0 Å². The molecule has 2 heterocycles. The number of hydrogen-bond acceptors (Lipinski definition) is 3. The maximum absolute atomic E-state index is 13.8. The highest BCUT2D eigenvalue weighted by molar-refractivity contribution is 5.40. The summed E-state index contributed by atoms with van der Waals surface area (Å²) < 4.78 is 21.3. The Morgan fingerprint density at radius 1 is 1.24 bits per heavy atom. The van der Waals surface area contributed by atoms with Crippen molar-refractivity contribution in [3.8, 4) is 11.4 Å². The average molecular weight is 391 g/mol. The van der Waals surface area contributed by atoms with Crippen LogP contribution in [0, 0.1) is 11.2 Å². The van der Waals surface area contributed by atoms with Crippen LogP contribution >= 0.6 is 0 Å². The first-order valence-corrected chi connectivity index (χ1v) is 10.3. The zero-order valence-corrected chi connectivity index (χ0v) is 16.9. The summed E-state index contributed by atoms with van der Waals surface area (Å²) in [5.41, 5.74) is 5.89. The van der Waals surface area contributed by atoms with Crippen molar-refractivity contribution in [2.75, 3.05) is 6.61 Å². The van der Waals surface area contributed by atoms with Gasteiger partial charge in [-0.1, -0.05) is 32.0 Å². The Balaban J connectivity index is 1.42. The Bertz CT molecular complexity index is 1060. The standard InChI is InChI=1S/C24H26FN3O/c1-24(2)12-21(26-14-16-6-7-23-17(10-16)8-9-29-23)20-15-27-28(22(20)13-24)19-5-3-4-18(25)11-19/h3-7,10-11,15,21,26H,8-9,12-14H2,1-2H3. The van der Waals surface area contributed by atoms with Crippen molar-refractivity contribution >= 4 is 0 Å². The summed E-state index contributed by atoms with van der Waals surface area (Å²) in [7, 11) is 0. The van der Waals surface area contributed by atoms with Gasteiger partial charge in [0.25, 0.3) is 0 Å². The van der Waals surface area contributed by atoms with Crippen LogP contribution in [0.25, 0.3) is 5.69 Å². The van der Waals surface area contributed by atoms with Gasteiger partial charge in [0.1, 0.15) is 11.6 Å². The van der Waals surface area contributed by atoms with E-state index in [4.69, 9.17) is 4.74 Å². The first kappa shape index (κ1) is 18.4. The van der Waals surface area contributed by atoms with E-state index in [1.54, 1.807) is 12.1 Å². The molecular weight excluding hydrogens is 365 g/mol. The van der Waals surface area contributed by atoms with Gasteiger partial charge in [0, 0.05) is 30.3 Å². The summed E-state index contributed by atoms with van der Waals surface area (Å²) in [4.78, 5) is 0. The molecule has 1 aliphatic carbocycles. The van der Waals surface area contributed by atoms with E-state index in [2.05, 4.69) is 42.5 Å². The van der Waals surface area contributed by atoms with Crippen LogP contribution in [0.3, 0.4) is 0 Å². The minimum absolute atomic E-state index is 0.140. The highest BCUT2D eigenvalue weighted by atomic mass is 19.1. The molecule has 0 saturated carbocycles. The Morgan fingerprint density at radius 2 is 2.14 bits per heavy atom. The topological polar surface area (TPSA) is 39.1 Å². The van der Waals surface area contributed by atoms with E-state index in [1.807, 2.05) is 16.9 Å². The van der Waals surface area contributed by atoms with Crippen LogP contribution in [0.4, 0.5) is 4.39 Å². The van der Waals surface area contributed by atoms with Gasteiger partial charge in [0.2, 0.25) is 0 Å². The van der Waals surface area contributed by atoms with Gasteiger partial charge in [-0.15, -0.1) is 0 Å². The highest BCUT2D eigenvalue weighted by Gasteiger charge is 2.35. The Labute approximate surface area is 170 Å². The lowest BCUT2D eigenvalue weighted by molar-refractivity contribution is 0.253. The van der Waals surface area contributed by atoms with Crippen LogP contribution in [-0.4, -0.2) is 16.4 Å². The predicted molar refractivity (Wildman–Crippen MR) is 111 cm³/mol. The third-order valence-corrected chi connectivity index (χ3v) is 6.04. The summed E-state index contributed by atoms with van der Waals surface area (Å²) >= 11 is 0. The van der Waals surface area contributed by atoms with Crippen LogP contribution in [0.5, 0.6) is 5.75 Å². The molecule has 0 bridgehead atoms. The quantitative estimate of drug-likeness (QED) is 0.698. The van der Waals surface area contributed by atoms with E-state index in [0.29, 0.717) is 0 Å². The second-order valence-corrected chi connectivity index (χ2v) is 8.96. The molecular formula is C24H26FN3O. The molecule has 1 unspecified atom stereocenters. The summed E-state index contributed by atoms with van der Waals surface area (Å²) in [5, 5.41) is 8.37. The van der Waals surface area contributed by atoms with E-state index in [0.717, 1.165) is 43.9 Å². The number of fused-ring (bicyclic) bond motifs is 2. The second kappa shape index (κ2) is 6.99. The first-order chi connectivity index (χ1) is 14.0. The molecule has 0 amide bonds. The number of benzene rings is 2. The zero-order chi connectivity index (χ0) is 20.0. The molecule has 1 aromatic heterocycles. The summed E-state index contributed by atoms with van der Waals surface area (Å²) in [6.07, 6.45) is 4.91. The van der Waals surface area contributed by atoms with Gasteiger partial charge in [0.05, 0.1) is 18.5 Å². The maximum atomic E-state index is 13.8. The van der Waals surface area contributed by atoms with Gasteiger partial charge in [-0.25, -0.2) is 9.07 Å². The summed E-state index contributed by atoms with van der Waals surface area (Å²) in [6, 6.07) is 13.4. The molecule has 0 saturated heterocycles. The number of hydrogen-bond donors (Lipinski definition) is 1. The van der Waals surface area contributed by atoms with Gasteiger partial charge in [0.15, 0.2) is 0 Å². The molecule has 3 aromatic rings. The van der Waals surface area contributed by atoms with Crippen molar-refractivity contribution in [3.05, 3.63) is 76.9 Å². The number of nitrogens with zero attached hydrogens (tertiary/aromatic N) is 2. The largest absolute Gasteiger partial charge is 0.493 e. The van der Waals surface area contributed by atoms with Crippen molar-refractivity contribution in [1.82, 2.24) is 15.1 Å². The molecule has 29 heavy (non-hydrogen) atoms. The molecule has 0 radical (unpaired) electrons. The fourth-order valence-electron chi connectivity index (χ4n) is 4.65. The molecule has 2 aliphatic rings. The van der Waals surface area contributed by atoms with Gasteiger partial charge in [-0.3, -0.25) is 0 Å². The van der Waals surface area contributed by atoms with Crippen LogP contribution in [-0.2, 0) is 19.4 Å². The number of ether oxygens (including phenoxy) is 1. The maximum Gasteiger partial charge on any atom is 0.125 e. The molecule has 0 fully saturated rings. The molecule has 150 valence electrons. The van der Waals surface area contributed by atoms with Crippen molar-refractivity contribution in [2.45, 2.75) is 45.7 Å². The van der Waals surface area contributed by atoms with Crippen LogP contribution < -0.4 is 10.1 Å².